The SMILES string of the molecule is CCCCN(c1ccc([C@@H](C)O)cn1)C(C)CC. The predicted molar refractivity (Wildman–Crippen MR) is 76.9 cm³/mol. The molecule has 1 heterocycles. The average molecular weight is 250 g/mol. The van der Waals surface area contributed by atoms with Crippen LogP contribution in [0.4, 0.5) is 5.82 Å². The van der Waals surface area contributed by atoms with Gasteiger partial charge in [0.05, 0.1) is 6.10 Å². The first kappa shape index (κ1) is 15.0. The van der Waals surface area contributed by atoms with Crippen molar-refractivity contribution in [2.75, 3.05) is 11.4 Å². The van der Waals surface area contributed by atoms with Gasteiger partial charge < -0.3 is 10.0 Å². The van der Waals surface area contributed by atoms with Gasteiger partial charge in [-0.1, -0.05) is 26.3 Å². The Morgan fingerprint density at radius 2 is 2.00 bits per heavy atom. The molecular formula is C15H26N2O. The number of aromatic nitrogens is 1. The molecule has 3 heteroatoms. The van der Waals surface area contributed by atoms with Crippen LogP contribution in [0.3, 0.4) is 0 Å². The summed E-state index contributed by atoms with van der Waals surface area (Å²) in [6.45, 7) is 9.46. The minimum Gasteiger partial charge on any atom is -0.389 e. The summed E-state index contributed by atoms with van der Waals surface area (Å²) < 4.78 is 0. The van der Waals surface area contributed by atoms with E-state index in [-0.39, 0.29) is 0 Å². The Balaban J connectivity index is 2.83. The molecule has 0 amide bonds. The van der Waals surface area contributed by atoms with Crippen LogP contribution in [0.15, 0.2) is 18.3 Å². The molecular weight excluding hydrogens is 224 g/mol. The normalized spacial score (nSPS) is 14.3. The van der Waals surface area contributed by atoms with Crippen LogP contribution in [0, 0.1) is 0 Å². The van der Waals surface area contributed by atoms with Crippen LogP contribution in [0.25, 0.3) is 0 Å². The molecule has 102 valence electrons. The van der Waals surface area contributed by atoms with Crippen LogP contribution in [-0.2, 0) is 0 Å². The smallest absolute Gasteiger partial charge is 0.128 e. The number of aliphatic hydroxyl groups is 1. The van der Waals surface area contributed by atoms with E-state index in [4.69, 9.17) is 0 Å². The van der Waals surface area contributed by atoms with Crippen molar-refractivity contribution in [3.8, 4) is 0 Å². The Kier molecular flexibility index (Phi) is 6.13. The van der Waals surface area contributed by atoms with E-state index >= 15 is 0 Å². The van der Waals surface area contributed by atoms with E-state index in [1.54, 1.807) is 13.1 Å². The van der Waals surface area contributed by atoms with E-state index < -0.39 is 6.10 Å². The zero-order valence-corrected chi connectivity index (χ0v) is 12.1. The van der Waals surface area contributed by atoms with Crippen LogP contribution >= 0.6 is 0 Å². The quantitative estimate of drug-likeness (QED) is 0.804. The van der Waals surface area contributed by atoms with Gasteiger partial charge in [-0.05, 0) is 38.3 Å². The van der Waals surface area contributed by atoms with E-state index in [0.717, 1.165) is 24.3 Å². The van der Waals surface area contributed by atoms with Crippen LogP contribution in [0.5, 0.6) is 0 Å². The molecule has 0 radical (unpaired) electrons. The van der Waals surface area contributed by atoms with Gasteiger partial charge in [-0.15, -0.1) is 0 Å². The van der Waals surface area contributed by atoms with E-state index in [9.17, 15) is 5.11 Å². The molecule has 1 unspecified atom stereocenters. The van der Waals surface area contributed by atoms with Crippen molar-refractivity contribution in [3.05, 3.63) is 23.9 Å². The first-order valence-corrected chi connectivity index (χ1v) is 7.00. The Morgan fingerprint density at radius 3 is 2.44 bits per heavy atom. The molecule has 1 rings (SSSR count). The summed E-state index contributed by atoms with van der Waals surface area (Å²) in [4.78, 5) is 6.84. The van der Waals surface area contributed by atoms with Gasteiger partial charge in [0.15, 0.2) is 0 Å². The van der Waals surface area contributed by atoms with Gasteiger partial charge in [0.2, 0.25) is 0 Å². The summed E-state index contributed by atoms with van der Waals surface area (Å²) in [6, 6.07) is 4.49. The predicted octanol–water partition coefficient (Wildman–Crippen LogP) is 3.54. The van der Waals surface area contributed by atoms with Crippen LogP contribution in [-0.4, -0.2) is 22.7 Å². The standard InChI is InChI=1S/C15H26N2O/c1-5-7-10-17(12(3)6-2)15-9-8-14(11-16-15)13(4)18/h8-9,11-13,18H,5-7,10H2,1-4H3/t12?,13-/m1/s1. The van der Waals surface area contributed by atoms with Crippen LogP contribution < -0.4 is 4.90 Å². The fourth-order valence-corrected chi connectivity index (χ4v) is 1.92. The van der Waals surface area contributed by atoms with Crippen molar-refractivity contribution in [2.24, 2.45) is 0 Å². The lowest BCUT2D eigenvalue weighted by Gasteiger charge is -2.29. The van der Waals surface area contributed by atoms with Gasteiger partial charge in [0.25, 0.3) is 0 Å². The summed E-state index contributed by atoms with van der Waals surface area (Å²) in [6.07, 6.45) is 4.83. The lowest BCUT2D eigenvalue weighted by molar-refractivity contribution is 0.199. The molecule has 1 N–H and O–H groups in total. The maximum atomic E-state index is 9.50. The number of nitrogens with zero attached hydrogens (tertiary/aromatic N) is 2. The first-order valence-electron chi connectivity index (χ1n) is 7.00. The summed E-state index contributed by atoms with van der Waals surface area (Å²) in [5.41, 5.74) is 0.873. The van der Waals surface area contributed by atoms with Crippen LogP contribution in [0.2, 0.25) is 0 Å². The lowest BCUT2D eigenvalue weighted by Crippen LogP contribution is -2.34. The molecule has 0 aliphatic rings. The summed E-state index contributed by atoms with van der Waals surface area (Å²) in [5, 5.41) is 9.50. The number of aliphatic hydroxyl groups excluding tert-OH is 1. The highest BCUT2D eigenvalue weighted by Crippen LogP contribution is 2.19. The van der Waals surface area contributed by atoms with E-state index in [1.165, 1.54) is 12.8 Å². The highest BCUT2D eigenvalue weighted by molar-refractivity contribution is 5.40. The van der Waals surface area contributed by atoms with Gasteiger partial charge in [-0.25, -0.2) is 4.98 Å². The van der Waals surface area contributed by atoms with Crippen molar-refractivity contribution in [2.45, 2.75) is 59.1 Å². The number of hydrogen-bond donors (Lipinski definition) is 1. The minimum atomic E-state index is -0.445. The topological polar surface area (TPSA) is 36.4 Å². The molecule has 0 aromatic carbocycles. The molecule has 0 saturated heterocycles. The largest absolute Gasteiger partial charge is 0.389 e. The van der Waals surface area contributed by atoms with Crippen LogP contribution in [0.1, 0.15) is 58.6 Å². The third-order valence-corrected chi connectivity index (χ3v) is 3.42. The Bertz CT molecular complexity index is 335. The van der Waals surface area contributed by atoms with Gasteiger partial charge in [-0.2, -0.15) is 0 Å². The Morgan fingerprint density at radius 1 is 1.28 bits per heavy atom. The fraction of sp³-hybridized carbons (Fsp3) is 0.667. The average Bonchev–Trinajstić information content (AvgIpc) is 2.39. The summed E-state index contributed by atoms with van der Waals surface area (Å²) >= 11 is 0. The highest BCUT2D eigenvalue weighted by Gasteiger charge is 2.13. The molecule has 3 nitrogen and oxygen atoms in total. The Hall–Kier alpha value is -1.09. The number of hydrogen-bond acceptors (Lipinski definition) is 3. The molecule has 0 bridgehead atoms. The molecule has 18 heavy (non-hydrogen) atoms. The first-order chi connectivity index (χ1) is 8.60. The molecule has 1 aromatic rings. The zero-order valence-electron chi connectivity index (χ0n) is 12.1. The van der Waals surface area contributed by atoms with Crippen molar-refractivity contribution < 1.29 is 5.11 Å². The van der Waals surface area contributed by atoms with Gasteiger partial charge in [-0.3, -0.25) is 0 Å². The third-order valence-electron chi connectivity index (χ3n) is 3.42. The van der Waals surface area contributed by atoms with Gasteiger partial charge in [0, 0.05) is 18.8 Å². The molecule has 2 atom stereocenters. The van der Waals surface area contributed by atoms with E-state index in [2.05, 4.69) is 30.7 Å². The minimum absolute atomic E-state index is 0.445. The molecule has 0 spiro atoms. The second-order valence-electron chi connectivity index (χ2n) is 4.93. The molecule has 0 fully saturated rings. The maximum Gasteiger partial charge on any atom is 0.128 e. The fourth-order valence-electron chi connectivity index (χ4n) is 1.92. The van der Waals surface area contributed by atoms with Crippen molar-refractivity contribution in [1.29, 1.82) is 0 Å². The zero-order chi connectivity index (χ0) is 13.5. The van der Waals surface area contributed by atoms with Gasteiger partial charge in [0.1, 0.15) is 5.82 Å². The monoisotopic (exact) mass is 250 g/mol. The second kappa shape index (κ2) is 7.37. The molecule has 0 saturated carbocycles. The van der Waals surface area contributed by atoms with E-state index in [1.807, 2.05) is 12.1 Å². The maximum absolute atomic E-state index is 9.50. The summed E-state index contributed by atoms with van der Waals surface area (Å²) in [7, 11) is 0. The number of anilines is 1. The summed E-state index contributed by atoms with van der Waals surface area (Å²) in [5.74, 6) is 1.02. The number of rotatable bonds is 7. The molecule has 0 aliphatic carbocycles. The van der Waals surface area contributed by atoms with Crippen molar-refractivity contribution in [3.63, 3.8) is 0 Å². The Labute approximate surface area is 111 Å². The number of pyridine rings is 1. The van der Waals surface area contributed by atoms with Crippen molar-refractivity contribution >= 4 is 5.82 Å². The van der Waals surface area contributed by atoms with E-state index in [0.29, 0.717) is 6.04 Å². The molecule has 0 aliphatic heterocycles. The van der Waals surface area contributed by atoms with Crippen molar-refractivity contribution in [1.82, 2.24) is 4.98 Å². The molecule has 1 aromatic heterocycles. The highest BCUT2D eigenvalue weighted by atomic mass is 16.3. The lowest BCUT2D eigenvalue weighted by atomic mass is 10.1. The second-order valence-corrected chi connectivity index (χ2v) is 4.93. The number of unbranched alkanes of at least 4 members (excludes halogenated alkanes) is 1. The van der Waals surface area contributed by atoms with Gasteiger partial charge >= 0.3 is 0 Å². The third kappa shape index (κ3) is 3.98.